The van der Waals surface area contributed by atoms with Crippen LogP contribution in [0.25, 0.3) is 11.4 Å². The Morgan fingerprint density at radius 3 is 2.43 bits per heavy atom. The summed E-state index contributed by atoms with van der Waals surface area (Å²) in [6.45, 7) is 7.63. The molecule has 0 radical (unpaired) electrons. The number of ether oxygens (including phenoxy) is 2. The molecule has 0 unspecified atom stereocenters. The average molecular weight is 288 g/mol. The van der Waals surface area contributed by atoms with Crippen LogP contribution in [0.1, 0.15) is 20.8 Å². The van der Waals surface area contributed by atoms with E-state index in [9.17, 15) is 0 Å². The largest absolute Gasteiger partial charge is 0.493 e. The second kappa shape index (κ2) is 7.42. The smallest absolute Gasteiger partial charge is 0.321 e. The third-order valence-electron chi connectivity index (χ3n) is 2.65. The predicted octanol–water partition coefficient (Wildman–Crippen LogP) is 2.77. The SMILES string of the molecule is CCNc1nc(OCC)nc(-c2ccccc2OCC)n1. The van der Waals surface area contributed by atoms with Gasteiger partial charge in [0, 0.05) is 6.54 Å². The first-order chi connectivity index (χ1) is 10.3. The van der Waals surface area contributed by atoms with E-state index < -0.39 is 0 Å². The van der Waals surface area contributed by atoms with Crippen LogP contribution in [-0.4, -0.2) is 34.7 Å². The quantitative estimate of drug-likeness (QED) is 0.845. The monoisotopic (exact) mass is 288 g/mol. The van der Waals surface area contributed by atoms with Gasteiger partial charge < -0.3 is 14.8 Å². The van der Waals surface area contributed by atoms with Crippen molar-refractivity contribution in [2.24, 2.45) is 0 Å². The van der Waals surface area contributed by atoms with E-state index in [1.807, 2.05) is 45.0 Å². The molecule has 0 amide bonds. The summed E-state index contributed by atoms with van der Waals surface area (Å²) in [7, 11) is 0. The highest BCUT2D eigenvalue weighted by Crippen LogP contribution is 2.28. The summed E-state index contributed by atoms with van der Waals surface area (Å²) < 4.78 is 11.0. The Morgan fingerprint density at radius 1 is 0.952 bits per heavy atom. The molecule has 2 rings (SSSR count). The molecule has 0 saturated carbocycles. The summed E-state index contributed by atoms with van der Waals surface area (Å²) in [5.74, 6) is 1.78. The number of anilines is 1. The molecule has 0 fully saturated rings. The molecule has 0 spiro atoms. The van der Waals surface area contributed by atoms with Gasteiger partial charge in [-0.3, -0.25) is 0 Å². The summed E-state index contributed by atoms with van der Waals surface area (Å²) in [6.07, 6.45) is 0. The fourth-order valence-corrected chi connectivity index (χ4v) is 1.84. The molecule has 0 aliphatic heterocycles. The first kappa shape index (κ1) is 15.0. The van der Waals surface area contributed by atoms with Gasteiger partial charge in [-0.1, -0.05) is 12.1 Å². The Kier molecular flexibility index (Phi) is 5.31. The van der Waals surface area contributed by atoms with E-state index in [0.29, 0.717) is 31.0 Å². The predicted molar refractivity (Wildman–Crippen MR) is 81.8 cm³/mol. The molecule has 6 nitrogen and oxygen atoms in total. The third-order valence-corrected chi connectivity index (χ3v) is 2.65. The van der Waals surface area contributed by atoms with E-state index in [-0.39, 0.29) is 0 Å². The Bertz CT molecular complexity index is 565. The minimum absolute atomic E-state index is 0.310. The number of hydrogen-bond donors (Lipinski definition) is 1. The molecular formula is C15H20N4O2. The van der Waals surface area contributed by atoms with Crippen molar-refractivity contribution in [3.63, 3.8) is 0 Å². The van der Waals surface area contributed by atoms with Gasteiger partial charge in [0.1, 0.15) is 5.75 Å². The van der Waals surface area contributed by atoms with Gasteiger partial charge in [0.05, 0.1) is 18.8 Å². The zero-order valence-electron chi connectivity index (χ0n) is 12.6. The van der Waals surface area contributed by atoms with Crippen molar-refractivity contribution in [2.45, 2.75) is 20.8 Å². The average Bonchev–Trinajstić information content (AvgIpc) is 2.49. The van der Waals surface area contributed by atoms with Crippen LogP contribution in [0.15, 0.2) is 24.3 Å². The lowest BCUT2D eigenvalue weighted by Crippen LogP contribution is -2.08. The molecule has 0 bridgehead atoms. The first-order valence-corrected chi connectivity index (χ1v) is 7.13. The lowest BCUT2D eigenvalue weighted by Gasteiger charge is -2.11. The first-order valence-electron chi connectivity index (χ1n) is 7.13. The fraction of sp³-hybridized carbons (Fsp3) is 0.400. The molecule has 6 heteroatoms. The molecule has 2 aromatic rings. The maximum atomic E-state index is 5.63. The zero-order valence-corrected chi connectivity index (χ0v) is 12.6. The van der Waals surface area contributed by atoms with Crippen LogP contribution in [0, 0.1) is 0 Å². The molecule has 21 heavy (non-hydrogen) atoms. The Labute approximate surface area is 124 Å². The number of para-hydroxylation sites is 1. The maximum Gasteiger partial charge on any atom is 0.321 e. The highest BCUT2D eigenvalue weighted by molar-refractivity contribution is 5.64. The van der Waals surface area contributed by atoms with Gasteiger partial charge in [0.15, 0.2) is 5.82 Å². The van der Waals surface area contributed by atoms with E-state index in [0.717, 1.165) is 17.9 Å². The summed E-state index contributed by atoms with van der Waals surface area (Å²) >= 11 is 0. The van der Waals surface area contributed by atoms with Gasteiger partial charge in [-0.25, -0.2) is 0 Å². The summed E-state index contributed by atoms with van der Waals surface area (Å²) in [5, 5.41) is 3.08. The van der Waals surface area contributed by atoms with Gasteiger partial charge >= 0.3 is 6.01 Å². The minimum atomic E-state index is 0.310. The van der Waals surface area contributed by atoms with Gasteiger partial charge in [-0.2, -0.15) is 15.0 Å². The normalized spacial score (nSPS) is 10.2. The van der Waals surface area contributed by atoms with Crippen LogP contribution in [0.5, 0.6) is 11.8 Å². The van der Waals surface area contributed by atoms with Crippen LogP contribution in [0.2, 0.25) is 0 Å². The van der Waals surface area contributed by atoms with E-state index in [2.05, 4.69) is 20.3 Å². The van der Waals surface area contributed by atoms with Gasteiger partial charge in [0.25, 0.3) is 0 Å². The van der Waals surface area contributed by atoms with Crippen LogP contribution in [-0.2, 0) is 0 Å². The zero-order chi connectivity index (χ0) is 15.1. The lowest BCUT2D eigenvalue weighted by molar-refractivity contribution is 0.312. The number of benzene rings is 1. The Morgan fingerprint density at radius 2 is 1.71 bits per heavy atom. The number of nitrogens with zero attached hydrogens (tertiary/aromatic N) is 3. The lowest BCUT2D eigenvalue weighted by atomic mass is 10.2. The van der Waals surface area contributed by atoms with Gasteiger partial charge in [0.2, 0.25) is 5.95 Å². The molecule has 0 saturated heterocycles. The second-order valence-electron chi connectivity index (χ2n) is 4.16. The number of nitrogens with one attached hydrogen (secondary N) is 1. The molecule has 112 valence electrons. The van der Waals surface area contributed by atoms with Crippen LogP contribution >= 0.6 is 0 Å². The molecular weight excluding hydrogens is 268 g/mol. The molecule has 0 aliphatic carbocycles. The molecule has 0 atom stereocenters. The van der Waals surface area contributed by atoms with Gasteiger partial charge in [-0.15, -0.1) is 0 Å². The van der Waals surface area contributed by atoms with E-state index >= 15 is 0 Å². The summed E-state index contributed by atoms with van der Waals surface area (Å²) in [6, 6.07) is 7.98. The molecule has 1 aromatic heterocycles. The summed E-state index contributed by atoms with van der Waals surface area (Å²) in [5.41, 5.74) is 0.821. The van der Waals surface area contributed by atoms with Crippen molar-refractivity contribution >= 4 is 5.95 Å². The van der Waals surface area contributed by atoms with Crippen molar-refractivity contribution in [2.75, 3.05) is 25.1 Å². The van der Waals surface area contributed by atoms with Gasteiger partial charge in [-0.05, 0) is 32.9 Å². The van der Waals surface area contributed by atoms with Crippen LogP contribution < -0.4 is 14.8 Å². The molecule has 0 aliphatic rings. The fourth-order valence-electron chi connectivity index (χ4n) is 1.84. The Hall–Kier alpha value is -2.37. The molecule has 1 heterocycles. The van der Waals surface area contributed by atoms with E-state index in [1.54, 1.807) is 0 Å². The number of hydrogen-bond acceptors (Lipinski definition) is 6. The summed E-state index contributed by atoms with van der Waals surface area (Å²) in [4.78, 5) is 13.0. The Balaban J connectivity index is 2.46. The van der Waals surface area contributed by atoms with Crippen molar-refractivity contribution in [1.82, 2.24) is 15.0 Å². The van der Waals surface area contributed by atoms with E-state index in [1.165, 1.54) is 0 Å². The number of rotatable bonds is 7. The van der Waals surface area contributed by atoms with Crippen molar-refractivity contribution < 1.29 is 9.47 Å². The minimum Gasteiger partial charge on any atom is -0.493 e. The maximum absolute atomic E-state index is 5.63. The van der Waals surface area contributed by atoms with Crippen LogP contribution in [0.3, 0.4) is 0 Å². The van der Waals surface area contributed by atoms with E-state index in [4.69, 9.17) is 9.47 Å². The molecule has 1 aromatic carbocycles. The van der Waals surface area contributed by atoms with Crippen molar-refractivity contribution in [1.29, 1.82) is 0 Å². The molecule has 1 N–H and O–H groups in total. The van der Waals surface area contributed by atoms with Crippen molar-refractivity contribution in [3.05, 3.63) is 24.3 Å². The second-order valence-corrected chi connectivity index (χ2v) is 4.16. The standard InChI is InChI=1S/C15H20N4O2/c1-4-16-14-17-13(18-15(19-14)21-6-3)11-9-7-8-10-12(11)20-5-2/h7-10H,4-6H2,1-3H3,(H,16,17,18,19). The van der Waals surface area contributed by atoms with Crippen LogP contribution in [0.4, 0.5) is 5.95 Å². The highest BCUT2D eigenvalue weighted by Gasteiger charge is 2.13. The topological polar surface area (TPSA) is 69.2 Å². The third kappa shape index (κ3) is 3.81. The number of aromatic nitrogens is 3. The highest BCUT2D eigenvalue weighted by atomic mass is 16.5. The van der Waals surface area contributed by atoms with Crippen molar-refractivity contribution in [3.8, 4) is 23.1 Å².